The van der Waals surface area contributed by atoms with Gasteiger partial charge in [0.15, 0.2) is 0 Å². The number of hydrogen-bond donors (Lipinski definition) is 1. The number of carbonyl (C=O) groups is 1. The molecule has 1 N–H and O–H groups in total. The van der Waals surface area contributed by atoms with E-state index >= 15 is 0 Å². The molecule has 1 saturated heterocycles. The smallest absolute Gasteiger partial charge is 0.271 e. The summed E-state index contributed by atoms with van der Waals surface area (Å²) in [6, 6.07) is 3.85. The number of aromatic nitrogens is 2. The van der Waals surface area contributed by atoms with Crippen LogP contribution in [0.2, 0.25) is 0 Å². The van der Waals surface area contributed by atoms with Gasteiger partial charge in [-0.2, -0.15) is 0 Å². The molecule has 1 fully saturated rings. The van der Waals surface area contributed by atoms with E-state index in [2.05, 4.69) is 33.2 Å². The Labute approximate surface area is 148 Å². The molecule has 3 heterocycles. The largest absolute Gasteiger partial charge is 0.465 e. The third-order valence-corrected chi connectivity index (χ3v) is 4.34. The fraction of sp³-hybridized carbons (Fsp3) is 0.421. The molecule has 132 valence electrons. The average molecular weight is 340 g/mol. The molecule has 1 amide bonds. The third-order valence-electron chi connectivity index (χ3n) is 4.34. The van der Waals surface area contributed by atoms with Crippen LogP contribution in [-0.2, 0) is 0 Å². The van der Waals surface area contributed by atoms with Crippen LogP contribution in [0.3, 0.4) is 0 Å². The molecular formula is C19H24N4O2. The van der Waals surface area contributed by atoms with Crippen molar-refractivity contribution in [3.63, 3.8) is 0 Å². The highest BCUT2D eigenvalue weighted by molar-refractivity contribution is 5.91. The van der Waals surface area contributed by atoms with Crippen molar-refractivity contribution in [2.45, 2.75) is 20.3 Å². The number of amides is 1. The molecule has 1 atom stereocenters. The lowest BCUT2D eigenvalue weighted by Gasteiger charge is -2.16. The fourth-order valence-corrected chi connectivity index (χ4v) is 3.08. The molecule has 0 aromatic carbocycles. The molecule has 0 unspecified atom stereocenters. The average Bonchev–Trinajstić information content (AvgIpc) is 3.25. The maximum absolute atomic E-state index is 12.1. The van der Waals surface area contributed by atoms with Crippen molar-refractivity contribution < 1.29 is 9.21 Å². The van der Waals surface area contributed by atoms with Gasteiger partial charge >= 0.3 is 0 Å². The monoisotopic (exact) mass is 340 g/mol. The topological polar surface area (TPSA) is 71.3 Å². The minimum absolute atomic E-state index is 0.153. The Morgan fingerprint density at radius 3 is 3.04 bits per heavy atom. The molecule has 0 radical (unpaired) electrons. The summed E-state index contributed by atoms with van der Waals surface area (Å²) in [4.78, 5) is 22.7. The van der Waals surface area contributed by atoms with E-state index in [1.165, 1.54) is 11.8 Å². The Bertz CT molecular complexity index is 722. The van der Waals surface area contributed by atoms with Gasteiger partial charge in [0.1, 0.15) is 11.5 Å². The Kier molecular flexibility index (Phi) is 5.60. The number of furan rings is 1. The van der Waals surface area contributed by atoms with Gasteiger partial charge in [-0.3, -0.25) is 14.7 Å². The van der Waals surface area contributed by atoms with Gasteiger partial charge in [0, 0.05) is 25.8 Å². The van der Waals surface area contributed by atoms with Crippen LogP contribution in [0.1, 0.15) is 35.3 Å². The molecule has 0 saturated carbocycles. The zero-order chi connectivity index (χ0) is 17.6. The second-order valence-corrected chi connectivity index (χ2v) is 6.65. The fourth-order valence-electron chi connectivity index (χ4n) is 3.08. The van der Waals surface area contributed by atoms with E-state index in [9.17, 15) is 4.79 Å². The van der Waals surface area contributed by atoms with E-state index in [1.54, 1.807) is 12.5 Å². The van der Waals surface area contributed by atoms with E-state index in [1.807, 2.05) is 19.1 Å². The number of carbonyl (C=O) groups excluding carboxylic acids is 1. The summed E-state index contributed by atoms with van der Waals surface area (Å²) in [5, 5.41) is 2.97. The zero-order valence-corrected chi connectivity index (χ0v) is 14.7. The van der Waals surface area contributed by atoms with Gasteiger partial charge in [0.2, 0.25) is 0 Å². The number of rotatable bonds is 6. The molecule has 2 aromatic heterocycles. The minimum Gasteiger partial charge on any atom is -0.465 e. The van der Waals surface area contributed by atoms with Crippen LogP contribution >= 0.6 is 0 Å². The van der Waals surface area contributed by atoms with E-state index < -0.39 is 0 Å². The summed E-state index contributed by atoms with van der Waals surface area (Å²) in [5.74, 6) is 1.21. The van der Waals surface area contributed by atoms with Crippen molar-refractivity contribution >= 4 is 12.0 Å². The summed E-state index contributed by atoms with van der Waals surface area (Å²) >= 11 is 0. The van der Waals surface area contributed by atoms with Crippen LogP contribution in [-0.4, -0.2) is 47.0 Å². The van der Waals surface area contributed by atoms with Gasteiger partial charge in [0.05, 0.1) is 18.2 Å². The van der Waals surface area contributed by atoms with Gasteiger partial charge in [0.25, 0.3) is 5.91 Å². The van der Waals surface area contributed by atoms with Crippen molar-refractivity contribution in [3.8, 4) is 0 Å². The summed E-state index contributed by atoms with van der Waals surface area (Å²) in [5.41, 5.74) is 2.45. The molecule has 1 aliphatic rings. The highest BCUT2D eigenvalue weighted by Crippen LogP contribution is 2.18. The first-order valence-corrected chi connectivity index (χ1v) is 8.60. The highest BCUT2D eigenvalue weighted by atomic mass is 16.3. The van der Waals surface area contributed by atoms with Gasteiger partial charge in [-0.05, 0) is 50.9 Å². The molecule has 25 heavy (non-hydrogen) atoms. The van der Waals surface area contributed by atoms with Crippen LogP contribution in [0, 0.1) is 12.8 Å². The van der Waals surface area contributed by atoms with E-state index in [0.29, 0.717) is 18.2 Å². The number of nitrogens with one attached hydrogen (secondary N) is 1. The molecule has 0 bridgehead atoms. The van der Waals surface area contributed by atoms with Gasteiger partial charge in [-0.1, -0.05) is 5.57 Å². The van der Waals surface area contributed by atoms with Crippen LogP contribution in [0.4, 0.5) is 0 Å². The Balaban J connectivity index is 1.43. The minimum atomic E-state index is -0.153. The van der Waals surface area contributed by atoms with Crippen LogP contribution in [0.25, 0.3) is 6.08 Å². The van der Waals surface area contributed by atoms with Crippen LogP contribution in [0.15, 0.2) is 40.8 Å². The molecule has 6 heteroatoms. The Morgan fingerprint density at radius 1 is 1.44 bits per heavy atom. The van der Waals surface area contributed by atoms with E-state index in [-0.39, 0.29) is 5.91 Å². The lowest BCUT2D eigenvalue weighted by atomic mass is 10.1. The van der Waals surface area contributed by atoms with Crippen molar-refractivity contribution in [1.82, 2.24) is 20.2 Å². The van der Waals surface area contributed by atoms with Gasteiger partial charge in [-0.15, -0.1) is 0 Å². The summed E-state index contributed by atoms with van der Waals surface area (Å²) in [6.45, 7) is 7.61. The zero-order valence-electron chi connectivity index (χ0n) is 14.7. The number of nitrogens with zero attached hydrogens (tertiary/aromatic N) is 3. The molecule has 3 rings (SSSR count). The summed E-state index contributed by atoms with van der Waals surface area (Å²) in [7, 11) is 0. The molecule has 0 aliphatic carbocycles. The number of likely N-dealkylation sites (tertiary alicyclic amines) is 1. The molecule has 2 aromatic rings. The van der Waals surface area contributed by atoms with Crippen molar-refractivity contribution in [1.29, 1.82) is 0 Å². The lowest BCUT2D eigenvalue weighted by molar-refractivity contribution is 0.0942. The molecule has 6 nitrogen and oxygen atoms in total. The second-order valence-electron chi connectivity index (χ2n) is 6.65. The third kappa shape index (κ3) is 5.00. The highest BCUT2D eigenvalue weighted by Gasteiger charge is 2.23. The first kappa shape index (κ1) is 17.4. The predicted molar refractivity (Wildman–Crippen MR) is 96.0 cm³/mol. The lowest BCUT2D eigenvalue weighted by Crippen LogP contribution is -2.31. The maximum Gasteiger partial charge on any atom is 0.271 e. The standard InChI is InChI=1S/C19H24N4O2/c1-14(8-17-4-3-7-25-17)12-23-6-5-16(13-23)10-22-19(24)18-11-20-15(2)9-21-18/h3-4,7-9,11,16H,5-6,10,12-13H2,1-2H3,(H,22,24)/b14-8+/t16-/m0/s1. The predicted octanol–water partition coefficient (Wildman–Crippen LogP) is 2.53. The second kappa shape index (κ2) is 8.07. The number of aryl methyl sites for hydroxylation is 1. The number of hydrogen-bond acceptors (Lipinski definition) is 5. The Morgan fingerprint density at radius 2 is 2.32 bits per heavy atom. The molecule has 1 aliphatic heterocycles. The quantitative estimate of drug-likeness (QED) is 0.875. The van der Waals surface area contributed by atoms with Crippen LogP contribution in [0.5, 0.6) is 0 Å². The Hall–Kier alpha value is -2.47. The summed E-state index contributed by atoms with van der Waals surface area (Å²) in [6.07, 6.45) is 7.99. The van der Waals surface area contributed by atoms with Crippen molar-refractivity contribution in [2.24, 2.45) is 5.92 Å². The summed E-state index contributed by atoms with van der Waals surface area (Å²) < 4.78 is 5.35. The van der Waals surface area contributed by atoms with Gasteiger partial charge in [-0.25, -0.2) is 4.98 Å². The van der Waals surface area contributed by atoms with Crippen molar-refractivity contribution in [3.05, 3.63) is 53.5 Å². The molecular weight excluding hydrogens is 316 g/mol. The normalized spacial score (nSPS) is 18.5. The maximum atomic E-state index is 12.1. The first-order chi connectivity index (χ1) is 12.1. The first-order valence-electron chi connectivity index (χ1n) is 8.60. The van der Waals surface area contributed by atoms with Crippen LogP contribution < -0.4 is 5.32 Å². The SMILES string of the molecule is C/C(=C\c1ccco1)CN1CC[C@@H](CNC(=O)c2cnc(C)cn2)C1. The molecule has 0 spiro atoms. The van der Waals surface area contributed by atoms with Gasteiger partial charge < -0.3 is 9.73 Å². The van der Waals surface area contributed by atoms with E-state index in [0.717, 1.165) is 37.5 Å². The van der Waals surface area contributed by atoms with E-state index in [4.69, 9.17) is 4.42 Å². The van der Waals surface area contributed by atoms with Crippen molar-refractivity contribution in [2.75, 3.05) is 26.2 Å².